The molecule has 1 atom stereocenters. The summed E-state index contributed by atoms with van der Waals surface area (Å²) < 4.78 is 0. The van der Waals surface area contributed by atoms with Gasteiger partial charge in [0.1, 0.15) is 0 Å². The first-order valence-electron chi connectivity index (χ1n) is 5.81. The fourth-order valence-electron chi connectivity index (χ4n) is 1.52. The smallest absolute Gasteiger partial charge is 0.00104 e. The molecule has 1 nitrogen and oxygen atoms in total. The molecule has 80 valence electrons. The van der Waals surface area contributed by atoms with Crippen molar-refractivity contribution in [2.24, 2.45) is 11.8 Å². The first-order chi connectivity index (χ1) is 6.07. The predicted molar refractivity (Wildman–Crippen MR) is 61.0 cm³/mol. The van der Waals surface area contributed by atoms with Crippen LogP contribution in [0.25, 0.3) is 0 Å². The summed E-state index contributed by atoms with van der Waals surface area (Å²) in [6.07, 6.45) is 4.08. The first-order valence-corrected chi connectivity index (χ1v) is 5.81. The Hall–Kier alpha value is -0.0400. The van der Waals surface area contributed by atoms with Crippen molar-refractivity contribution >= 4 is 0 Å². The van der Waals surface area contributed by atoms with Crippen LogP contribution >= 0.6 is 0 Å². The zero-order chi connectivity index (χ0) is 10.3. The Balaban J connectivity index is 3.67. The number of unbranched alkanes of at least 4 members (excludes halogenated alkanes) is 1. The Kier molecular flexibility index (Phi) is 7.35. The fourth-order valence-corrected chi connectivity index (χ4v) is 1.52. The third-order valence-corrected chi connectivity index (χ3v) is 2.66. The van der Waals surface area contributed by atoms with Gasteiger partial charge in [-0.05, 0) is 24.8 Å². The van der Waals surface area contributed by atoms with Crippen molar-refractivity contribution < 1.29 is 0 Å². The Morgan fingerprint density at radius 1 is 1.08 bits per heavy atom. The van der Waals surface area contributed by atoms with Crippen LogP contribution in [0.1, 0.15) is 53.9 Å². The average Bonchev–Trinajstić information content (AvgIpc) is 2.03. The van der Waals surface area contributed by atoms with E-state index >= 15 is 0 Å². The van der Waals surface area contributed by atoms with Crippen LogP contribution < -0.4 is 5.32 Å². The second-order valence-electron chi connectivity index (χ2n) is 4.71. The topological polar surface area (TPSA) is 12.0 Å². The van der Waals surface area contributed by atoms with Gasteiger partial charge in [0.25, 0.3) is 0 Å². The van der Waals surface area contributed by atoms with E-state index in [0.29, 0.717) is 6.04 Å². The van der Waals surface area contributed by atoms with Gasteiger partial charge in [0.05, 0.1) is 0 Å². The number of hydrogen-bond acceptors (Lipinski definition) is 1. The van der Waals surface area contributed by atoms with Crippen LogP contribution in [-0.2, 0) is 0 Å². The molecular weight excluding hydrogens is 158 g/mol. The van der Waals surface area contributed by atoms with E-state index in [1.165, 1.54) is 25.8 Å². The number of hydrogen-bond donors (Lipinski definition) is 1. The zero-order valence-corrected chi connectivity index (χ0v) is 10.1. The van der Waals surface area contributed by atoms with Crippen molar-refractivity contribution in [1.82, 2.24) is 5.32 Å². The van der Waals surface area contributed by atoms with Gasteiger partial charge in [-0.3, -0.25) is 0 Å². The summed E-state index contributed by atoms with van der Waals surface area (Å²) in [6.45, 7) is 12.6. The van der Waals surface area contributed by atoms with Crippen LogP contribution in [0.5, 0.6) is 0 Å². The van der Waals surface area contributed by atoms with E-state index in [1.807, 2.05) is 0 Å². The highest BCUT2D eigenvalue weighted by molar-refractivity contribution is 4.67. The van der Waals surface area contributed by atoms with Gasteiger partial charge >= 0.3 is 0 Å². The lowest BCUT2D eigenvalue weighted by atomic mass is 9.90. The lowest BCUT2D eigenvalue weighted by Gasteiger charge is -2.22. The number of nitrogens with one attached hydrogen (secondary N) is 1. The summed E-state index contributed by atoms with van der Waals surface area (Å²) in [5.74, 6) is 1.68. The van der Waals surface area contributed by atoms with E-state index in [9.17, 15) is 0 Å². The normalized spacial score (nSPS) is 14.1. The average molecular weight is 185 g/mol. The summed E-state index contributed by atoms with van der Waals surface area (Å²) in [5.41, 5.74) is 0. The quantitative estimate of drug-likeness (QED) is 0.640. The van der Waals surface area contributed by atoms with Crippen molar-refractivity contribution in [3.8, 4) is 0 Å². The molecule has 0 fully saturated rings. The minimum absolute atomic E-state index is 0.628. The molecule has 0 amide bonds. The molecule has 0 aliphatic carbocycles. The molecule has 0 aliphatic rings. The summed E-state index contributed by atoms with van der Waals surface area (Å²) >= 11 is 0. The maximum absolute atomic E-state index is 3.54. The summed E-state index contributed by atoms with van der Waals surface area (Å²) in [4.78, 5) is 0. The van der Waals surface area contributed by atoms with Crippen LogP contribution in [-0.4, -0.2) is 12.6 Å². The van der Waals surface area contributed by atoms with E-state index < -0.39 is 0 Å². The molecule has 0 aromatic carbocycles. The highest BCUT2D eigenvalue weighted by atomic mass is 14.9. The van der Waals surface area contributed by atoms with Gasteiger partial charge in [-0.2, -0.15) is 0 Å². The highest BCUT2D eigenvalue weighted by Gasteiger charge is 2.12. The molecule has 0 aromatic heterocycles. The molecular formula is C12H27N. The minimum Gasteiger partial charge on any atom is -0.314 e. The van der Waals surface area contributed by atoms with Gasteiger partial charge in [0.2, 0.25) is 0 Å². The van der Waals surface area contributed by atoms with E-state index in [2.05, 4.69) is 39.9 Å². The minimum atomic E-state index is 0.628. The van der Waals surface area contributed by atoms with Crippen molar-refractivity contribution in [3.05, 3.63) is 0 Å². The van der Waals surface area contributed by atoms with Crippen LogP contribution in [0.3, 0.4) is 0 Å². The van der Waals surface area contributed by atoms with Gasteiger partial charge < -0.3 is 5.32 Å². The summed E-state index contributed by atoms with van der Waals surface area (Å²) in [7, 11) is 0. The monoisotopic (exact) mass is 185 g/mol. The SMILES string of the molecule is CCCCC(CNC(C)C)C(C)C. The largest absolute Gasteiger partial charge is 0.314 e. The molecule has 1 unspecified atom stereocenters. The predicted octanol–water partition coefficient (Wildman–Crippen LogP) is 3.45. The van der Waals surface area contributed by atoms with Crippen molar-refractivity contribution in [2.75, 3.05) is 6.54 Å². The fraction of sp³-hybridized carbons (Fsp3) is 1.00. The maximum atomic E-state index is 3.54. The lowest BCUT2D eigenvalue weighted by molar-refractivity contribution is 0.323. The van der Waals surface area contributed by atoms with E-state index in [1.54, 1.807) is 0 Å². The molecule has 0 aliphatic heterocycles. The molecule has 0 rings (SSSR count). The lowest BCUT2D eigenvalue weighted by Crippen LogP contribution is -2.31. The molecule has 0 heterocycles. The van der Waals surface area contributed by atoms with Crippen LogP contribution in [0, 0.1) is 11.8 Å². The van der Waals surface area contributed by atoms with Crippen molar-refractivity contribution in [2.45, 2.75) is 59.9 Å². The highest BCUT2D eigenvalue weighted by Crippen LogP contribution is 2.17. The molecule has 1 N–H and O–H groups in total. The van der Waals surface area contributed by atoms with Crippen LogP contribution in [0.15, 0.2) is 0 Å². The first kappa shape index (κ1) is 13.0. The van der Waals surface area contributed by atoms with Gasteiger partial charge in [-0.25, -0.2) is 0 Å². The Morgan fingerprint density at radius 3 is 2.08 bits per heavy atom. The molecule has 0 bridgehead atoms. The molecule has 0 saturated carbocycles. The van der Waals surface area contributed by atoms with Gasteiger partial charge in [-0.1, -0.05) is 47.5 Å². The van der Waals surface area contributed by atoms with E-state index in [4.69, 9.17) is 0 Å². The zero-order valence-electron chi connectivity index (χ0n) is 10.1. The Labute approximate surface area is 84.3 Å². The third-order valence-electron chi connectivity index (χ3n) is 2.66. The molecule has 1 heteroatoms. The third kappa shape index (κ3) is 7.06. The molecule has 0 aromatic rings. The summed E-state index contributed by atoms with van der Waals surface area (Å²) in [6, 6.07) is 0.628. The Morgan fingerprint density at radius 2 is 1.69 bits per heavy atom. The molecule has 13 heavy (non-hydrogen) atoms. The standard InChI is InChI=1S/C12H27N/c1-6-7-8-12(10(2)3)9-13-11(4)5/h10-13H,6-9H2,1-5H3. The summed E-state index contributed by atoms with van der Waals surface area (Å²) in [5, 5.41) is 3.54. The molecule has 0 radical (unpaired) electrons. The van der Waals surface area contributed by atoms with Crippen molar-refractivity contribution in [3.63, 3.8) is 0 Å². The van der Waals surface area contributed by atoms with E-state index in [-0.39, 0.29) is 0 Å². The van der Waals surface area contributed by atoms with Crippen LogP contribution in [0.2, 0.25) is 0 Å². The molecule has 0 saturated heterocycles. The second kappa shape index (κ2) is 7.37. The maximum Gasteiger partial charge on any atom is 0.00104 e. The van der Waals surface area contributed by atoms with Gasteiger partial charge in [0.15, 0.2) is 0 Å². The van der Waals surface area contributed by atoms with E-state index in [0.717, 1.165) is 11.8 Å². The van der Waals surface area contributed by atoms with Gasteiger partial charge in [0, 0.05) is 6.04 Å². The second-order valence-corrected chi connectivity index (χ2v) is 4.71. The number of rotatable bonds is 7. The molecule has 0 spiro atoms. The Bertz CT molecular complexity index is 108. The van der Waals surface area contributed by atoms with Gasteiger partial charge in [-0.15, -0.1) is 0 Å². The van der Waals surface area contributed by atoms with Crippen molar-refractivity contribution in [1.29, 1.82) is 0 Å². The van der Waals surface area contributed by atoms with Crippen LogP contribution in [0.4, 0.5) is 0 Å².